The summed E-state index contributed by atoms with van der Waals surface area (Å²) in [7, 11) is 3.28. The Bertz CT molecular complexity index is 402. The number of rotatable bonds is 3. The van der Waals surface area contributed by atoms with Gasteiger partial charge < -0.3 is 14.8 Å². The molecule has 0 aliphatic carbocycles. The van der Waals surface area contributed by atoms with Gasteiger partial charge in [0.05, 0.1) is 19.8 Å². The Hall–Kier alpha value is -1.71. The zero-order valence-electron chi connectivity index (χ0n) is 9.62. The molecule has 86 valence electrons. The van der Waals surface area contributed by atoms with Crippen molar-refractivity contribution in [1.82, 2.24) is 5.32 Å². The molecule has 2 rings (SSSR count). The molecule has 0 saturated heterocycles. The van der Waals surface area contributed by atoms with Crippen molar-refractivity contribution in [2.24, 2.45) is 4.99 Å². The molecule has 4 nitrogen and oxygen atoms in total. The molecule has 1 N–H and O–H groups in total. The van der Waals surface area contributed by atoms with Gasteiger partial charge in [-0.2, -0.15) is 0 Å². The first kappa shape index (κ1) is 10.8. The minimum atomic E-state index is 0.732. The first-order valence-electron chi connectivity index (χ1n) is 5.36. The normalized spacial score (nSPS) is 15.0. The fourth-order valence-corrected chi connectivity index (χ4v) is 1.79. The Kier molecular flexibility index (Phi) is 3.29. The first-order valence-corrected chi connectivity index (χ1v) is 5.36. The molecule has 1 aliphatic rings. The van der Waals surface area contributed by atoms with Crippen LogP contribution >= 0.6 is 0 Å². The predicted octanol–water partition coefficient (Wildman–Crippen LogP) is 1.44. The third kappa shape index (κ3) is 1.96. The van der Waals surface area contributed by atoms with Gasteiger partial charge in [0.2, 0.25) is 0 Å². The Morgan fingerprint density at radius 2 is 2.12 bits per heavy atom. The molecule has 0 bridgehead atoms. The maximum absolute atomic E-state index is 5.37. The number of ether oxygens (including phenoxy) is 2. The van der Waals surface area contributed by atoms with Crippen molar-refractivity contribution in [2.75, 3.05) is 27.3 Å². The van der Waals surface area contributed by atoms with Gasteiger partial charge in [-0.25, -0.2) is 0 Å². The second kappa shape index (κ2) is 4.88. The SMILES string of the molecule is COc1cccc(C2=NCCCN2)c1OC. The number of benzene rings is 1. The van der Waals surface area contributed by atoms with E-state index in [0.717, 1.165) is 42.4 Å². The quantitative estimate of drug-likeness (QED) is 0.838. The fraction of sp³-hybridized carbons (Fsp3) is 0.417. The monoisotopic (exact) mass is 220 g/mol. The molecule has 1 aromatic carbocycles. The second-order valence-electron chi connectivity index (χ2n) is 3.55. The largest absolute Gasteiger partial charge is 0.493 e. The Labute approximate surface area is 95.3 Å². The molecule has 0 amide bonds. The van der Waals surface area contributed by atoms with Crippen LogP contribution in [0.1, 0.15) is 12.0 Å². The molecule has 0 saturated carbocycles. The van der Waals surface area contributed by atoms with E-state index in [0.29, 0.717) is 0 Å². The van der Waals surface area contributed by atoms with Gasteiger partial charge in [-0.15, -0.1) is 0 Å². The van der Waals surface area contributed by atoms with E-state index in [-0.39, 0.29) is 0 Å². The van der Waals surface area contributed by atoms with Crippen molar-refractivity contribution in [3.63, 3.8) is 0 Å². The molecule has 0 radical (unpaired) electrons. The predicted molar refractivity (Wildman–Crippen MR) is 63.6 cm³/mol. The summed E-state index contributed by atoms with van der Waals surface area (Å²) < 4.78 is 10.6. The van der Waals surface area contributed by atoms with E-state index in [2.05, 4.69) is 10.3 Å². The first-order chi connectivity index (χ1) is 7.86. The van der Waals surface area contributed by atoms with Gasteiger partial charge in [0.15, 0.2) is 11.5 Å². The summed E-state index contributed by atoms with van der Waals surface area (Å²) in [5.41, 5.74) is 0.960. The molecule has 4 heteroatoms. The van der Waals surface area contributed by atoms with E-state index < -0.39 is 0 Å². The highest BCUT2D eigenvalue weighted by atomic mass is 16.5. The number of hydrogen-bond acceptors (Lipinski definition) is 4. The molecule has 1 heterocycles. The van der Waals surface area contributed by atoms with Crippen LogP contribution < -0.4 is 14.8 Å². The van der Waals surface area contributed by atoms with Crippen LogP contribution in [0.3, 0.4) is 0 Å². The molecule has 1 aromatic rings. The van der Waals surface area contributed by atoms with Gasteiger partial charge in [0.25, 0.3) is 0 Å². The molecule has 0 spiro atoms. The molecular weight excluding hydrogens is 204 g/mol. The molecule has 0 aromatic heterocycles. The lowest BCUT2D eigenvalue weighted by Crippen LogP contribution is -2.30. The Morgan fingerprint density at radius 3 is 2.75 bits per heavy atom. The Morgan fingerprint density at radius 1 is 1.25 bits per heavy atom. The van der Waals surface area contributed by atoms with Crippen molar-refractivity contribution >= 4 is 5.84 Å². The third-order valence-corrected chi connectivity index (χ3v) is 2.56. The summed E-state index contributed by atoms with van der Waals surface area (Å²) in [5, 5.41) is 3.28. The van der Waals surface area contributed by atoms with Gasteiger partial charge in [0, 0.05) is 13.1 Å². The minimum Gasteiger partial charge on any atom is -0.493 e. The van der Waals surface area contributed by atoms with Gasteiger partial charge in [-0.05, 0) is 18.6 Å². The van der Waals surface area contributed by atoms with E-state index in [1.165, 1.54) is 0 Å². The second-order valence-corrected chi connectivity index (χ2v) is 3.55. The van der Waals surface area contributed by atoms with Crippen LogP contribution in [0.15, 0.2) is 23.2 Å². The molecular formula is C12H16N2O2. The summed E-state index contributed by atoms with van der Waals surface area (Å²) in [6, 6.07) is 5.81. The minimum absolute atomic E-state index is 0.732. The van der Waals surface area contributed by atoms with Gasteiger partial charge in [0.1, 0.15) is 5.84 Å². The highest BCUT2D eigenvalue weighted by Crippen LogP contribution is 2.30. The number of nitrogens with zero attached hydrogens (tertiary/aromatic N) is 1. The van der Waals surface area contributed by atoms with Crippen molar-refractivity contribution < 1.29 is 9.47 Å². The van der Waals surface area contributed by atoms with Gasteiger partial charge in [-0.3, -0.25) is 4.99 Å². The van der Waals surface area contributed by atoms with E-state index in [9.17, 15) is 0 Å². The average molecular weight is 220 g/mol. The van der Waals surface area contributed by atoms with Crippen LogP contribution in [0, 0.1) is 0 Å². The van der Waals surface area contributed by atoms with Gasteiger partial charge >= 0.3 is 0 Å². The van der Waals surface area contributed by atoms with E-state index >= 15 is 0 Å². The molecule has 16 heavy (non-hydrogen) atoms. The van der Waals surface area contributed by atoms with Crippen LogP contribution in [0.2, 0.25) is 0 Å². The number of aliphatic imine (C=N–C) groups is 1. The van der Waals surface area contributed by atoms with Crippen molar-refractivity contribution in [3.05, 3.63) is 23.8 Å². The van der Waals surface area contributed by atoms with Crippen LogP contribution in [-0.4, -0.2) is 33.1 Å². The maximum Gasteiger partial charge on any atom is 0.171 e. The smallest absolute Gasteiger partial charge is 0.171 e. The van der Waals surface area contributed by atoms with E-state index in [4.69, 9.17) is 9.47 Å². The highest BCUT2D eigenvalue weighted by molar-refractivity contribution is 6.02. The van der Waals surface area contributed by atoms with Crippen LogP contribution in [0.25, 0.3) is 0 Å². The van der Waals surface area contributed by atoms with Crippen molar-refractivity contribution in [1.29, 1.82) is 0 Å². The fourth-order valence-electron chi connectivity index (χ4n) is 1.79. The maximum atomic E-state index is 5.37. The summed E-state index contributed by atoms with van der Waals surface area (Å²) in [4.78, 5) is 4.45. The molecule has 0 fully saturated rings. The number of methoxy groups -OCH3 is 2. The van der Waals surface area contributed by atoms with Crippen LogP contribution in [-0.2, 0) is 0 Å². The summed E-state index contributed by atoms with van der Waals surface area (Å²) in [6.07, 6.45) is 1.08. The van der Waals surface area contributed by atoms with Crippen molar-refractivity contribution in [2.45, 2.75) is 6.42 Å². The lowest BCUT2D eigenvalue weighted by molar-refractivity contribution is 0.354. The third-order valence-electron chi connectivity index (χ3n) is 2.56. The lowest BCUT2D eigenvalue weighted by atomic mass is 10.1. The Balaban J connectivity index is 2.42. The summed E-state index contributed by atoms with van der Waals surface area (Å²) in [5.74, 6) is 2.36. The lowest BCUT2D eigenvalue weighted by Gasteiger charge is -2.18. The number of amidine groups is 1. The topological polar surface area (TPSA) is 42.8 Å². The van der Waals surface area contributed by atoms with Crippen LogP contribution in [0.5, 0.6) is 11.5 Å². The van der Waals surface area contributed by atoms with Crippen LogP contribution in [0.4, 0.5) is 0 Å². The summed E-state index contributed by atoms with van der Waals surface area (Å²) >= 11 is 0. The zero-order valence-corrected chi connectivity index (χ0v) is 9.62. The summed E-state index contributed by atoms with van der Waals surface area (Å²) in [6.45, 7) is 1.82. The number of hydrogen-bond donors (Lipinski definition) is 1. The van der Waals surface area contributed by atoms with E-state index in [1.807, 2.05) is 18.2 Å². The number of para-hydroxylation sites is 1. The zero-order chi connectivity index (χ0) is 11.4. The van der Waals surface area contributed by atoms with E-state index in [1.54, 1.807) is 14.2 Å². The van der Waals surface area contributed by atoms with Gasteiger partial charge in [-0.1, -0.05) is 6.07 Å². The van der Waals surface area contributed by atoms with Crippen molar-refractivity contribution in [3.8, 4) is 11.5 Å². The average Bonchev–Trinajstić information content (AvgIpc) is 2.38. The molecule has 0 atom stereocenters. The highest BCUT2D eigenvalue weighted by Gasteiger charge is 2.15. The molecule has 0 unspecified atom stereocenters. The number of nitrogens with one attached hydrogen (secondary N) is 1. The molecule has 1 aliphatic heterocycles. The standard InChI is InChI=1S/C12H16N2O2/c1-15-10-6-3-5-9(11(10)16-2)12-13-7-4-8-14-12/h3,5-6H,4,7-8H2,1-2H3,(H,13,14).